The summed E-state index contributed by atoms with van der Waals surface area (Å²) in [5.74, 6) is -3.38. The standard InChI is InChI=1S/C8H9ClF2N2O.ClH/c9-6-3-13-2-1-5(6)7(12)8(10,11)4-14;/h1-3,7,14H,4,12H2;1H/t7-;/m1./s1. The van der Waals surface area contributed by atoms with Crippen molar-refractivity contribution in [3.8, 4) is 0 Å². The lowest BCUT2D eigenvalue weighted by Gasteiger charge is -2.22. The van der Waals surface area contributed by atoms with Crippen LogP contribution in [-0.2, 0) is 0 Å². The van der Waals surface area contributed by atoms with Gasteiger partial charge in [-0.1, -0.05) is 11.6 Å². The number of nitrogens with zero attached hydrogens (tertiary/aromatic N) is 1. The lowest BCUT2D eigenvalue weighted by Crippen LogP contribution is -2.36. The highest BCUT2D eigenvalue weighted by molar-refractivity contribution is 6.31. The van der Waals surface area contributed by atoms with Crippen molar-refractivity contribution in [1.29, 1.82) is 0 Å². The number of halogens is 4. The van der Waals surface area contributed by atoms with Gasteiger partial charge in [-0.3, -0.25) is 4.98 Å². The Kier molecular flexibility index (Phi) is 5.37. The number of nitrogens with two attached hydrogens (primary N) is 1. The van der Waals surface area contributed by atoms with Gasteiger partial charge in [0.25, 0.3) is 5.92 Å². The molecule has 0 aromatic carbocycles. The van der Waals surface area contributed by atoms with Gasteiger partial charge in [0.05, 0.1) is 11.1 Å². The molecule has 0 saturated heterocycles. The van der Waals surface area contributed by atoms with Crippen LogP contribution in [0.25, 0.3) is 0 Å². The third-order valence-corrected chi connectivity index (χ3v) is 2.12. The van der Waals surface area contributed by atoms with Crippen molar-refractivity contribution in [3.05, 3.63) is 29.0 Å². The van der Waals surface area contributed by atoms with Gasteiger partial charge in [0.1, 0.15) is 6.61 Å². The molecule has 1 atom stereocenters. The summed E-state index contributed by atoms with van der Waals surface area (Å²) >= 11 is 5.62. The number of alkyl halides is 2. The first-order valence-electron chi connectivity index (χ1n) is 3.82. The summed E-state index contributed by atoms with van der Waals surface area (Å²) in [6, 6.07) is -0.320. The Hall–Kier alpha value is -0.490. The first kappa shape index (κ1) is 14.5. The average molecular weight is 259 g/mol. The first-order valence-corrected chi connectivity index (χ1v) is 4.20. The third kappa shape index (κ3) is 3.24. The van der Waals surface area contributed by atoms with E-state index in [1.807, 2.05) is 0 Å². The number of pyridine rings is 1. The third-order valence-electron chi connectivity index (χ3n) is 1.80. The molecule has 0 amide bonds. The van der Waals surface area contributed by atoms with Gasteiger partial charge in [0.15, 0.2) is 0 Å². The highest BCUT2D eigenvalue weighted by atomic mass is 35.5. The number of aliphatic hydroxyl groups is 1. The summed E-state index contributed by atoms with van der Waals surface area (Å²) in [6.45, 7) is -1.31. The smallest absolute Gasteiger partial charge is 0.289 e. The van der Waals surface area contributed by atoms with E-state index in [2.05, 4.69) is 4.98 Å². The van der Waals surface area contributed by atoms with Gasteiger partial charge in [-0.05, 0) is 11.6 Å². The van der Waals surface area contributed by atoms with Crippen molar-refractivity contribution < 1.29 is 13.9 Å². The number of hydrogen-bond acceptors (Lipinski definition) is 3. The van der Waals surface area contributed by atoms with E-state index in [0.29, 0.717) is 0 Å². The number of hydrogen-bond donors (Lipinski definition) is 2. The van der Waals surface area contributed by atoms with Crippen LogP contribution in [0.1, 0.15) is 11.6 Å². The Bertz CT molecular complexity index is 325. The lowest BCUT2D eigenvalue weighted by molar-refractivity contribution is -0.0711. The van der Waals surface area contributed by atoms with Crippen molar-refractivity contribution in [2.45, 2.75) is 12.0 Å². The molecule has 1 rings (SSSR count). The fourth-order valence-electron chi connectivity index (χ4n) is 0.964. The van der Waals surface area contributed by atoms with Crippen molar-refractivity contribution in [1.82, 2.24) is 4.98 Å². The summed E-state index contributed by atoms with van der Waals surface area (Å²) in [5.41, 5.74) is 5.33. The minimum absolute atomic E-state index is 0. The van der Waals surface area contributed by atoms with Crippen LogP contribution in [0.4, 0.5) is 8.78 Å². The second-order valence-corrected chi connectivity index (χ2v) is 3.20. The second kappa shape index (κ2) is 5.55. The van der Waals surface area contributed by atoms with Crippen LogP contribution in [0, 0.1) is 0 Å². The predicted octanol–water partition coefficient (Wildman–Crippen LogP) is 1.78. The maximum absolute atomic E-state index is 13.0. The molecule has 3 N–H and O–H groups in total. The van der Waals surface area contributed by atoms with Gasteiger partial charge in [-0.15, -0.1) is 12.4 Å². The van der Waals surface area contributed by atoms with E-state index >= 15 is 0 Å². The molecule has 86 valence electrons. The fraction of sp³-hybridized carbons (Fsp3) is 0.375. The Morgan fingerprint density at radius 3 is 2.67 bits per heavy atom. The van der Waals surface area contributed by atoms with Gasteiger partial charge in [-0.2, -0.15) is 0 Å². The van der Waals surface area contributed by atoms with Crippen molar-refractivity contribution in [3.63, 3.8) is 0 Å². The highest BCUT2D eigenvalue weighted by Gasteiger charge is 2.38. The molecule has 0 unspecified atom stereocenters. The molecule has 3 nitrogen and oxygen atoms in total. The van der Waals surface area contributed by atoms with Gasteiger partial charge >= 0.3 is 0 Å². The molecule has 0 aliphatic carbocycles. The minimum atomic E-state index is -3.38. The van der Waals surface area contributed by atoms with Crippen LogP contribution < -0.4 is 5.73 Å². The van der Waals surface area contributed by atoms with Crippen molar-refractivity contribution >= 4 is 24.0 Å². The average Bonchev–Trinajstić information content (AvgIpc) is 2.17. The molecule has 0 aliphatic heterocycles. The van der Waals surface area contributed by atoms with Gasteiger partial charge in [0, 0.05) is 12.4 Å². The molecular weight excluding hydrogens is 249 g/mol. The van der Waals surface area contributed by atoms with E-state index in [4.69, 9.17) is 22.4 Å². The first-order chi connectivity index (χ1) is 6.49. The van der Waals surface area contributed by atoms with Crippen LogP contribution in [0.3, 0.4) is 0 Å². The van der Waals surface area contributed by atoms with Crippen LogP contribution in [0.5, 0.6) is 0 Å². The molecule has 1 aromatic heterocycles. The summed E-state index contributed by atoms with van der Waals surface area (Å²) in [5, 5.41) is 8.49. The Balaban J connectivity index is 0.00000196. The molecule has 7 heteroatoms. The van der Waals surface area contributed by atoms with Crippen LogP contribution in [0.2, 0.25) is 5.02 Å². The number of aliphatic hydroxyl groups excluding tert-OH is 1. The summed E-state index contributed by atoms with van der Waals surface area (Å²) in [6.07, 6.45) is 2.54. The molecule has 15 heavy (non-hydrogen) atoms. The van der Waals surface area contributed by atoms with E-state index in [1.165, 1.54) is 18.5 Å². The van der Waals surface area contributed by atoms with E-state index in [1.54, 1.807) is 0 Å². The summed E-state index contributed by atoms with van der Waals surface area (Å²) < 4.78 is 25.9. The molecule has 0 aliphatic rings. The van der Waals surface area contributed by atoms with Crippen molar-refractivity contribution in [2.24, 2.45) is 5.73 Å². The van der Waals surface area contributed by atoms with Gasteiger partial charge in [0.2, 0.25) is 0 Å². The van der Waals surface area contributed by atoms with Gasteiger partial charge in [-0.25, -0.2) is 8.78 Å². The zero-order valence-electron chi connectivity index (χ0n) is 7.53. The SMILES string of the molecule is Cl.N[C@H](c1ccncc1Cl)C(F)(F)CO. The minimum Gasteiger partial charge on any atom is -0.390 e. The Morgan fingerprint density at radius 2 is 2.20 bits per heavy atom. The Morgan fingerprint density at radius 1 is 1.60 bits per heavy atom. The van der Waals surface area contributed by atoms with Crippen LogP contribution in [-0.4, -0.2) is 22.6 Å². The molecule has 0 radical (unpaired) electrons. The molecule has 0 fully saturated rings. The molecule has 0 saturated carbocycles. The van der Waals surface area contributed by atoms with E-state index in [9.17, 15) is 8.78 Å². The van der Waals surface area contributed by atoms with Gasteiger partial charge < -0.3 is 10.8 Å². The molecule has 0 spiro atoms. The van der Waals surface area contributed by atoms with E-state index in [0.717, 1.165) is 0 Å². The van der Waals surface area contributed by atoms with Crippen LogP contribution in [0.15, 0.2) is 18.5 Å². The zero-order chi connectivity index (χ0) is 10.8. The maximum Gasteiger partial charge on any atom is 0.289 e. The largest absolute Gasteiger partial charge is 0.390 e. The summed E-state index contributed by atoms with van der Waals surface area (Å²) in [4.78, 5) is 3.64. The zero-order valence-corrected chi connectivity index (χ0v) is 9.10. The molecule has 1 aromatic rings. The summed E-state index contributed by atoms with van der Waals surface area (Å²) in [7, 11) is 0. The highest BCUT2D eigenvalue weighted by Crippen LogP contribution is 2.31. The molecule has 0 bridgehead atoms. The molecule has 1 heterocycles. The van der Waals surface area contributed by atoms with Crippen molar-refractivity contribution in [2.75, 3.05) is 6.61 Å². The lowest BCUT2D eigenvalue weighted by atomic mass is 10.0. The van der Waals surface area contributed by atoms with Crippen LogP contribution >= 0.6 is 24.0 Å². The fourth-order valence-corrected chi connectivity index (χ4v) is 1.20. The number of rotatable bonds is 3. The maximum atomic E-state index is 13.0. The molecular formula is C8H10Cl2F2N2O. The topological polar surface area (TPSA) is 59.1 Å². The number of aromatic nitrogens is 1. The Labute approximate surface area is 96.7 Å². The van der Waals surface area contributed by atoms with E-state index in [-0.39, 0.29) is 23.0 Å². The van der Waals surface area contributed by atoms with E-state index < -0.39 is 18.6 Å². The normalized spacial score (nSPS) is 13.1. The second-order valence-electron chi connectivity index (χ2n) is 2.79. The monoisotopic (exact) mass is 258 g/mol. The predicted molar refractivity (Wildman–Crippen MR) is 55.5 cm³/mol. The quantitative estimate of drug-likeness (QED) is 0.869.